The van der Waals surface area contributed by atoms with E-state index in [1.165, 1.54) is 0 Å². The zero-order valence-corrected chi connectivity index (χ0v) is 15.8. The summed E-state index contributed by atoms with van der Waals surface area (Å²) in [5, 5.41) is 10.0. The molecular formula is C25H24O3. The minimum absolute atomic E-state index is 0.367. The number of esters is 1. The second-order valence-corrected chi connectivity index (χ2v) is 7.28. The van der Waals surface area contributed by atoms with Crippen molar-refractivity contribution in [2.75, 3.05) is 0 Å². The summed E-state index contributed by atoms with van der Waals surface area (Å²) < 4.78 is 5.54. The van der Waals surface area contributed by atoms with Crippen LogP contribution in [0, 0.1) is 0 Å². The van der Waals surface area contributed by atoms with Crippen molar-refractivity contribution < 1.29 is 14.6 Å². The normalized spacial score (nSPS) is 19.2. The Balaban J connectivity index is 1.55. The average molecular weight is 372 g/mol. The predicted molar refractivity (Wildman–Crippen MR) is 111 cm³/mol. The predicted octanol–water partition coefficient (Wildman–Crippen LogP) is 5.48. The van der Waals surface area contributed by atoms with E-state index < -0.39 is 6.10 Å². The number of aliphatic hydroxyl groups excluding tert-OH is 1. The number of carbonyl (C=O) groups is 1. The highest BCUT2D eigenvalue weighted by Crippen LogP contribution is 2.32. The van der Waals surface area contributed by atoms with Gasteiger partial charge in [0, 0.05) is 0 Å². The van der Waals surface area contributed by atoms with Crippen LogP contribution in [0.4, 0.5) is 0 Å². The van der Waals surface area contributed by atoms with E-state index in [0.717, 1.165) is 41.5 Å². The second-order valence-electron chi connectivity index (χ2n) is 7.28. The molecular weight excluding hydrogens is 348 g/mol. The number of rotatable bonds is 4. The molecule has 1 fully saturated rings. The molecule has 28 heavy (non-hydrogen) atoms. The van der Waals surface area contributed by atoms with E-state index in [4.69, 9.17) is 4.74 Å². The Morgan fingerprint density at radius 2 is 1.32 bits per heavy atom. The van der Waals surface area contributed by atoms with Crippen LogP contribution in [0.25, 0.3) is 22.3 Å². The molecule has 0 radical (unpaired) electrons. The van der Waals surface area contributed by atoms with Crippen molar-refractivity contribution in [2.24, 2.45) is 0 Å². The SMILES string of the molecule is O=C(OC1CCCCC1O)c1ccc(-c2ccccc2-c2ccccc2)cc1. The number of aliphatic hydroxyl groups is 1. The van der Waals surface area contributed by atoms with Crippen LogP contribution in [-0.2, 0) is 4.74 Å². The molecule has 142 valence electrons. The van der Waals surface area contributed by atoms with E-state index in [-0.39, 0.29) is 12.1 Å². The highest BCUT2D eigenvalue weighted by atomic mass is 16.6. The maximum atomic E-state index is 12.5. The van der Waals surface area contributed by atoms with Gasteiger partial charge in [0.05, 0.1) is 11.7 Å². The second kappa shape index (κ2) is 8.41. The van der Waals surface area contributed by atoms with E-state index >= 15 is 0 Å². The molecule has 3 nitrogen and oxygen atoms in total. The van der Waals surface area contributed by atoms with E-state index in [1.54, 1.807) is 12.1 Å². The molecule has 0 saturated heterocycles. The van der Waals surface area contributed by atoms with Crippen LogP contribution in [0.2, 0.25) is 0 Å². The maximum Gasteiger partial charge on any atom is 0.338 e. The van der Waals surface area contributed by atoms with Crippen LogP contribution in [0.15, 0.2) is 78.9 Å². The Morgan fingerprint density at radius 3 is 1.96 bits per heavy atom. The number of benzene rings is 3. The average Bonchev–Trinajstić information content (AvgIpc) is 2.76. The standard InChI is InChI=1S/C25H24O3/c26-23-12-6-7-13-24(23)28-25(27)20-16-14-19(15-17-20)22-11-5-4-10-21(22)18-8-2-1-3-9-18/h1-5,8-11,14-17,23-24,26H,6-7,12-13H2. The Bertz CT molecular complexity index is 932. The Morgan fingerprint density at radius 1 is 0.750 bits per heavy atom. The smallest absolute Gasteiger partial charge is 0.338 e. The Kier molecular flexibility index (Phi) is 5.54. The fourth-order valence-corrected chi connectivity index (χ4v) is 3.81. The first-order chi connectivity index (χ1) is 13.7. The van der Waals surface area contributed by atoms with E-state index in [1.807, 2.05) is 42.5 Å². The fraction of sp³-hybridized carbons (Fsp3) is 0.240. The van der Waals surface area contributed by atoms with Crippen molar-refractivity contribution in [1.29, 1.82) is 0 Å². The lowest BCUT2D eigenvalue weighted by Crippen LogP contribution is -2.34. The van der Waals surface area contributed by atoms with Gasteiger partial charge < -0.3 is 9.84 Å². The lowest BCUT2D eigenvalue weighted by molar-refractivity contribution is -0.0360. The minimum atomic E-state index is -0.547. The van der Waals surface area contributed by atoms with Gasteiger partial charge in [0.15, 0.2) is 0 Å². The summed E-state index contributed by atoms with van der Waals surface area (Å²) in [7, 11) is 0. The van der Waals surface area contributed by atoms with E-state index in [0.29, 0.717) is 12.0 Å². The fourth-order valence-electron chi connectivity index (χ4n) is 3.81. The van der Waals surface area contributed by atoms with E-state index in [2.05, 4.69) is 24.3 Å². The van der Waals surface area contributed by atoms with Gasteiger partial charge in [0.1, 0.15) is 6.10 Å². The first-order valence-corrected chi connectivity index (χ1v) is 9.86. The van der Waals surface area contributed by atoms with Crippen LogP contribution >= 0.6 is 0 Å². The largest absolute Gasteiger partial charge is 0.456 e. The third-order valence-electron chi connectivity index (χ3n) is 5.37. The summed E-state index contributed by atoms with van der Waals surface area (Å²) in [6, 6.07) is 26.0. The Hall–Kier alpha value is -2.91. The molecule has 0 heterocycles. The first-order valence-electron chi connectivity index (χ1n) is 9.86. The molecule has 3 aromatic carbocycles. The van der Waals surface area contributed by atoms with Crippen LogP contribution in [0.3, 0.4) is 0 Å². The number of ether oxygens (including phenoxy) is 1. The zero-order valence-electron chi connectivity index (χ0n) is 15.8. The molecule has 3 aromatic rings. The number of hydrogen-bond acceptors (Lipinski definition) is 3. The third kappa shape index (κ3) is 4.00. The van der Waals surface area contributed by atoms with Crippen molar-refractivity contribution in [1.82, 2.24) is 0 Å². The van der Waals surface area contributed by atoms with Crippen LogP contribution in [0.5, 0.6) is 0 Å². The van der Waals surface area contributed by atoms with Crippen LogP contribution in [0.1, 0.15) is 36.0 Å². The summed E-state index contributed by atoms with van der Waals surface area (Å²) in [6.07, 6.45) is 2.48. The summed E-state index contributed by atoms with van der Waals surface area (Å²) in [5.74, 6) is -0.367. The highest BCUT2D eigenvalue weighted by Gasteiger charge is 2.26. The van der Waals surface area contributed by atoms with Crippen molar-refractivity contribution in [2.45, 2.75) is 37.9 Å². The minimum Gasteiger partial charge on any atom is -0.456 e. The molecule has 0 amide bonds. The molecule has 1 saturated carbocycles. The van der Waals surface area contributed by atoms with Crippen molar-refractivity contribution in [3.05, 3.63) is 84.4 Å². The van der Waals surface area contributed by atoms with Gasteiger partial charge in [-0.1, -0.05) is 73.2 Å². The molecule has 1 N–H and O–H groups in total. The van der Waals surface area contributed by atoms with Crippen LogP contribution in [-0.4, -0.2) is 23.3 Å². The van der Waals surface area contributed by atoms with Gasteiger partial charge in [-0.15, -0.1) is 0 Å². The molecule has 0 spiro atoms. The summed E-state index contributed by atoms with van der Waals surface area (Å²) in [5.41, 5.74) is 5.00. The first kappa shape index (κ1) is 18.5. The quantitative estimate of drug-likeness (QED) is 0.617. The van der Waals surface area contributed by atoms with Gasteiger partial charge in [-0.05, 0) is 53.6 Å². The van der Waals surface area contributed by atoms with Gasteiger partial charge >= 0.3 is 5.97 Å². The molecule has 2 atom stereocenters. The lowest BCUT2D eigenvalue weighted by Gasteiger charge is -2.27. The van der Waals surface area contributed by atoms with E-state index in [9.17, 15) is 9.90 Å². The topological polar surface area (TPSA) is 46.5 Å². The van der Waals surface area contributed by atoms with Crippen molar-refractivity contribution in [3.8, 4) is 22.3 Å². The van der Waals surface area contributed by atoms with Crippen LogP contribution < -0.4 is 0 Å². The summed E-state index contributed by atoms with van der Waals surface area (Å²) in [4.78, 5) is 12.5. The molecule has 0 aliphatic heterocycles. The monoisotopic (exact) mass is 372 g/mol. The van der Waals surface area contributed by atoms with Crippen molar-refractivity contribution in [3.63, 3.8) is 0 Å². The molecule has 0 aromatic heterocycles. The third-order valence-corrected chi connectivity index (χ3v) is 5.37. The van der Waals surface area contributed by atoms with Gasteiger partial charge in [0.25, 0.3) is 0 Å². The summed E-state index contributed by atoms with van der Waals surface area (Å²) >= 11 is 0. The molecule has 1 aliphatic carbocycles. The van der Waals surface area contributed by atoms with Gasteiger partial charge in [-0.3, -0.25) is 0 Å². The van der Waals surface area contributed by atoms with Gasteiger partial charge in [-0.25, -0.2) is 4.79 Å². The number of hydrogen-bond donors (Lipinski definition) is 1. The summed E-state index contributed by atoms with van der Waals surface area (Å²) in [6.45, 7) is 0. The van der Waals surface area contributed by atoms with Gasteiger partial charge in [-0.2, -0.15) is 0 Å². The lowest BCUT2D eigenvalue weighted by atomic mass is 9.94. The molecule has 4 rings (SSSR count). The number of carbonyl (C=O) groups excluding carboxylic acids is 1. The Labute approximate surface area is 165 Å². The molecule has 2 unspecified atom stereocenters. The molecule has 3 heteroatoms. The van der Waals surface area contributed by atoms with Gasteiger partial charge in [0.2, 0.25) is 0 Å². The maximum absolute atomic E-state index is 12.5. The van der Waals surface area contributed by atoms with Crippen molar-refractivity contribution >= 4 is 5.97 Å². The highest BCUT2D eigenvalue weighted by molar-refractivity contribution is 5.91. The molecule has 1 aliphatic rings. The zero-order chi connectivity index (χ0) is 19.3. The molecule has 0 bridgehead atoms.